The molecule has 0 saturated carbocycles. The van der Waals surface area contributed by atoms with E-state index in [-0.39, 0.29) is 30.2 Å². The van der Waals surface area contributed by atoms with E-state index in [1.807, 2.05) is 4.90 Å². The highest BCUT2D eigenvalue weighted by atomic mass is 35.5. The summed E-state index contributed by atoms with van der Waals surface area (Å²) in [7, 11) is 0. The molecule has 0 radical (unpaired) electrons. The molecule has 3 unspecified atom stereocenters. The van der Waals surface area contributed by atoms with Crippen LogP contribution in [-0.4, -0.2) is 62.2 Å². The molecule has 4 rings (SSSR count). The molecule has 3 aliphatic heterocycles. The summed E-state index contributed by atoms with van der Waals surface area (Å²) < 4.78 is 13.2. The third-order valence-electron chi connectivity index (χ3n) is 5.49. The van der Waals surface area contributed by atoms with Crippen molar-refractivity contribution in [3.05, 3.63) is 29.0 Å². The predicted octanol–water partition coefficient (Wildman–Crippen LogP) is 1.00. The van der Waals surface area contributed by atoms with Crippen LogP contribution in [-0.2, 0) is 4.79 Å². The minimum Gasteiger partial charge on any atom is -0.367 e. The molecule has 26 heavy (non-hydrogen) atoms. The van der Waals surface area contributed by atoms with Crippen molar-refractivity contribution in [3.63, 3.8) is 0 Å². The minimum atomic E-state index is -0.335. The topological polar surface area (TPSA) is 59.6 Å². The fourth-order valence-corrected chi connectivity index (χ4v) is 4.35. The number of halogens is 3. The smallest absolute Gasteiger partial charge is 0.241 e. The number of piperidine rings is 1. The molecule has 3 atom stereocenters. The summed E-state index contributed by atoms with van der Waals surface area (Å²) in [5, 5.41) is 3.79. The fraction of sp³-hybridized carbons (Fsp3) is 0.588. The van der Waals surface area contributed by atoms with Crippen molar-refractivity contribution >= 4 is 35.6 Å². The number of hydrogen-bond donors (Lipinski definition) is 3. The number of benzene rings is 1. The Labute approximate surface area is 163 Å². The first-order valence-electron chi connectivity index (χ1n) is 8.84. The molecular weight excluding hydrogens is 380 g/mol. The van der Waals surface area contributed by atoms with Crippen LogP contribution in [0.2, 0.25) is 5.02 Å². The zero-order valence-corrected chi connectivity index (χ0v) is 16.0. The van der Waals surface area contributed by atoms with E-state index in [1.165, 1.54) is 12.1 Å². The highest BCUT2D eigenvalue weighted by Gasteiger charge is 2.43. The van der Waals surface area contributed by atoms with E-state index in [2.05, 4.69) is 21.1 Å². The normalized spacial score (nSPS) is 28.5. The number of hydrazine groups is 1. The molecule has 1 aromatic carbocycles. The minimum absolute atomic E-state index is 0. The largest absolute Gasteiger partial charge is 0.367 e. The lowest BCUT2D eigenvalue weighted by atomic mass is 9.89. The highest BCUT2D eigenvalue weighted by molar-refractivity contribution is 6.33. The van der Waals surface area contributed by atoms with Crippen molar-refractivity contribution < 1.29 is 9.18 Å². The van der Waals surface area contributed by atoms with Gasteiger partial charge in [0.05, 0.1) is 10.7 Å². The Morgan fingerprint density at radius 1 is 1.19 bits per heavy atom. The summed E-state index contributed by atoms with van der Waals surface area (Å²) >= 11 is 6.15. The molecule has 6 nitrogen and oxygen atoms in total. The van der Waals surface area contributed by atoms with Crippen molar-refractivity contribution in [1.29, 1.82) is 0 Å². The van der Waals surface area contributed by atoms with E-state index in [0.717, 1.165) is 25.2 Å². The van der Waals surface area contributed by atoms with E-state index in [1.54, 1.807) is 6.07 Å². The molecular formula is C17H24Cl2FN5O. The molecule has 3 heterocycles. The van der Waals surface area contributed by atoms with Crippen LogP contribution in [0.3, 0.4) is 0 Å². The van der Waals surface area contributed by atoms with Gasteiger partial charge in [-0.25, -0.2) is 9.82 Å². The van der Waals surface area contributed by atoms with Gasteiger partial charge in [-0.15, -0.1) is 12.4 Å². The third kappa shape index (κ3) is 3.77. The maximum atomic E-state index is 13.2. The van der Waals surface area contributed by atoms with Gasteiger partial charge in [-0.1, -0.05) is 11.6 Å². The number of nitrogens with zero attached hydrogens (tertiary/aromatic N) is 2. The highest BCUT2D eigenvalue weighted by Crippen LogP contribution is 2.28. The van der Waals surface area contributed by atoms with Crippen molar-refractivity contribution in [2.24, 2.45) is 5.92 Å². The van der Waals surface area contributed by atoms with Crippen LogP contribution in [0.5, 0.6) is 0 Å². The molecule has 0 spiro atoms. The lowest BCUT2D eigenvalue weighted by Gasteiger charge is -2.38. The lowest BCUT2D eigenvalue weighted by Crippen LogP contribution is -2.56. The number of hydrogen-bond acceptors (Lipinski definition) is 5. The predicted molar refractivity (Wildman–Crippen MR) is 102 cm³/mol. The first kappa shape index (κ1) is 19.6. The SMILES string of the molecule is Cl.O=C(C1NNC2CCNCC21)N1CCN(c2ccc(F)cc2Cl)CC1. The van der Waals surface area contributed by atoms with Gasteiger partial charge in [0.15, 0.2) is 0 Å². The Morgan fingerprint density at radius 2 is 1.96 bits per heavy atom. The number of amides is 1. The molecule has 1 amide bonds. The Balaban J connectivity index is 0.00000196. The van der Waals surface area contributed by atoms with Crippen LogP contribution in [0, 0.1) is 11.7 Å². The Kier molecular flexibility index (Phi) is 6.25. The second-order valence-electron chi connectivity index (χ2n) is 6.94. The number of rotatable bonds is 2. The molecule has 0 aliphatic carbocycles. The number of piperazine rings is 1. The average Bonchev–Trinajstić information content (AvgIpc) is 3.05. The van der Waals surface area contributed by atoms with Gasteiger partial charge in [0.25, 0.3) is 0 Å². The average molecular weight is 404 g/mol. The summed E-state index contributed by atoms with van der Waals surface area (Å²) in [4.78, 5) is 16.9. The second kappa shape index (κ2) is 8.27. The number of anilines is 1. The summed E-state index contributed by atoms with van der Waals surface area (Å²) in [6, 6.07) is 4.66. The number of fused-ring (bicyclic) bond motifs is 1. The van der Waals surface area contributed by atoms with Crippen molar-refractivity contribution in [1.82, 2.24) is 21.1 Å². The van der Waals surface area contributed by atoms with Crippen LogP contribution < -0.4 is 21.1 Å². The molecule has 144 valence electrons. The monoisotopic (exact) mass is 403 g/mol. The van der Waals surface area contributed by atoms with Crippen LogP contribution in [0.4, 0.5) is 10.1 Å². The fourth-order valence-electron chi connectivity index (χ4n) is 4.06. The Bertz CT molecular complexity index is 656. The van der Waals surface area contributed by atoms with Gasteiger partial charge in [-0.05, 0) is 31.2 Å². The van der Waals surface area contributed by atoms with E-state index >= 15 is 0 Å². The molecule has 3 saturated heterocycles. The summed E-state index contributed by atoms with van der Waals surface area (Å²) in [6.45, 7) is 4.55. The molecule has 0 bridgehead atoms. The summed E-state index contributed by atoms with van der Waals surface area (Å²) in [5.74, 6) is 0.123. The lowest BCUT2D eigenvalue weighted by molar-refractivity contribution is -0.134. The molecule has 0 aromatic heterocycles. The van der Waals surface area contributed by atoms with Gasteiger partial charge in [-0.3, -0.25) is 10.2 Å². The number of carbonyl (C=O) groups is 1. The van der Waals surface area contributed by atoms with Gasteiger partial charge >= 0.3 is 0 Å². The maximum Gasteiger partial charge on any atom is 0.241 e. The summed E-state index contributed by atoms with van der Waals surface area (Å²) in [6.07, 6.45) is 1.04. The van der Waals surface area contributed by atoms with Crippen molar-refractivity contribution in [2.45, 2.75) is 18.5 Å². The Hall–Kier alpha value is -1.12. The van der Waals surface area contributed by atoms with Gasteiger partial charge < -0.3 is 15.1 Å². The number of carbonyl (C=O) groups excluding carboxylic acids is 1. The zero-order chi connectivity index (χ0) is 17.4. The zero-order valence-electron chi connectivity index (χ0n) is 14.4. The molecule has 9 heteroatoms. The first-order chi connectivity index (χ1) is 12.1. The molecule has 3 aliphatic rings. The van der Waals surface area contributed by atoms with E-state index in [9.17, 15) is 9.18 Å². The van der Waals surface area contributed by atoms with Crippen LogP contribution in [0.15, 0.2) is 18.2 Å². The van der Waals surface area contributed by atoms with Gasteiger partial charge in [-0.2, -0.15) is 0 Å². The summed E-state index contributed by atoms with van der Waals surface area (Å²) in [5.41, 5.74) is 7.30. The quantitative estimate of drug-likeness (QED) is 0.687. The molecule has 1 aromatic rings. The van der Waals surface area contributed by atoms with E-state index in [0.29, 0.717) is 43.2 Å². The van der Waals surface area contributed by atoms with Gasteiger partial charge in [0.1, 0.15) is 11.9 Å². The van der Waals surface area contributed by atoms with Gasteiger partial charge in [0, 0.05) is 44.7 Å². The number of nitrogens with one attached hydrogen (secondary N) is 3. The first-order valence-corrected chi connectivity index (χ1v) is 9.22. The standard InChI is InChI=1S/C17H23ClFN5O.ClH/c18-13-9-11(19)1-2-15(13)23-5-7-24(8-6-23)17(25)16-12-10-20-4-3-14(12)21-22-16;/h1-2,9,12,14,16,20-22H,3-8,10H2;1H. The molecule has 3 fully saturated rings. The van der Waals surface area contributed by atoms with Crippen LogP contribution >= 0.6 is 24.0 Å². The van der Waals surface area contributed by atoms with Crippen molar-refractivity contribution in [2.75, 3.05) is 44.2 Å². The Morgan fingerprint density at radius 3 is 2.69 bits per heavy atom. The third-order valence-corrected chi connectivity index (χ3v) is 5.79. The molecule has 3 N–H and O–H groups in total. The maximum absolute atomic E-state index is 13.2. The van der Waals surface area contributed by atoms with Gasteiger partial charge in [0.2, 0.25) is 5.91 Å². The van der Waals surface area contributed by atoms with Crippen molar-refractivity contribution in [3.8, 4) is 0 Å². The van der Waals surface area contributed by atoms with E-state index < -0.39 is 0 Å². The van der Waals surface area contributed by atoms with Crippen LogP contribution in [0.1, 0.15) is 6.42 Å². The second-order valence-corrected chi connectivity index (χ2v) is 7.34. The van der Waals surface area contributed by atoms with E-state index in [4.69, 9.17) is 11.6 Å². The van der Waals surface area contributed by atoms with Crippen LogP contribution in [0.25, 0.3) is 0 Å².